The van der Waals surface area contributed by atoms with Gasteiger partial charge in [0.25, 0.3) is 0 Å². The number of thiophene rings is 1. The highest BCUT2D eigenvalue weighted by atomic mass is 32.1. The lowest BCUT2D eigenvalue weighted by Gasteiger charge is -1.95. The van der Waals surface area contributed by atoms with Crippen LogP contribution in [0.5, 0.6) is 0 Å². The maximum atomic E-state index is 10.7. The zero-order valence-electron chi connectivity index (χ0n) is 6.94. The standard InChI is InChI=1S/C8H8O4S/c1-12-4-7-6(8(10)11)2-5(3-9)13-7/h2-3H,4H2,1H3,(H,10,11). The normalized spacial score (nSPS) is 9.92. The molecule has 4 nitrogen and oxygen atoms in total. The number of rotatable bonds is 4. The first-order valence-electron chi connectivity index (χ1n) is 3.49. The molecule has 0 aromatic carbocycles. The number of aldehydes is 1. The Bertz CT molecular complexity index is 329. The number of ether oxygens (including phenoxy) is 1. The number of methoxy groups -OCH3 is 1. The van der Waals surface area contributed by atoms with Crippen LogP contribution in [0.3, 0.4) is 0 Å². The molecule has 0 radical (unpaired) electrons. The number of carboxylic acids is 1. The van der Waals surface area contributed by atoms with Crippen LogP contribution in [0.4, 0.5) is 0 Å². The molecule has 1 heterocycles. The van der Waals surface area contributed by atoms with E-state index in [9.17, 15) is 9.59 Å². The molecule has 0 aliphatic heterocycles. The van der Waals surface area contributed by atoms with Gasteiger partial charge in [0.1, 0.15) is 0 Å². The van der Waals surface area contributed by atoms with E-state index in [-0.39, 0.29) is 12.2 Å². The molecule has 0 atom stereocenters. The number of carbonyl (C=O) groups is 2. The van der Waals surface area contributed by atoms with E-state index >= 15 is 0 Å². The summed E-state index contributed by atoms with van der Waals surface area (Å²) in [5.41, 5.74) is 0.147. The molecule has 13 heavy (non-hydrogen) atoms. The van der Waals surface area contributed by atoms with Crippen LogP contribution in [-0.4, -0.2) is 24.5 Å². The van der Waals surface area contributed by atoms with Crippen LogP contribution in [0.1, 0.15) is 24.9 Å². The maximum Gasteiger partial charge on any atom is 0.336 e. The maximum absolute atomic E-state index is 10.7. The van der Waals surface area contributed by atoms with Crippen LogP contribution < -0.4 is 0 Å². The molecule has 0 fully saturated rings. The molecule has 0 amide bonds. The van der Waals surface area contributed by atoms with E-state index in [0.717, 1.165) is 11.3 Å². The van der Waals surface area contributed by atoms with Crippen molar-refractivity contribution >= 4 is 23.6 Å². The van der Waals surface area contributed by atoms with Crippen LogP contribution >= 0.6 is 11.3 Å². The Hall–Kier alpha value is -1.20. The quantitative estimate of drug-likeness (QED) is 0.746. The molecule has 0 bridgehead atoms. The predicted octanol–water partition coefficient (Wildman–Crippen LogP) is 1.41. The molecule has 70 valence electrons. The zero-order chi connectivity index (χ0) is 9.84. The average molecular weight is 200 g/mol. The van der Waals surface area contributed by atoms with Crippen molar-refractivity contribution in [3.8, 4) is 0 Å². The SMILES string of the molecule is COCc1sc(C=O)cc1C(=O)O. The Morgan fingerprint density at radius 1 is 1.77 bits per heavy atom. The van der Waals surface area contributed by atoms with Crippen LogP contribution in [0.15, 0.2) is 6.07 Å². The van der Waals surface area contributed by atoms with Gasteiger partial charge in [-0.2, -0.15) is 0 Å². The first-order chi connectivity index (χ1) is 6.19. The van der Waals surface area contributed by atoms with Crippen molar-refractivity contribution in [1.29, 1.82) is 0 Å². The van der Waals surface area contributed by atoms with Crippen LogP contribution in [0, 0.1) is 0 Å². The molecule has 0 saturated heterocycles. The summed E-state index contributed by atoms with van der Waals surface area (Å²) in [6, 6.07) is 1.36. The van der Waals surface area contributed by atoms with Crippen molar-refractivity contribution in [2.75, 3.05) is 7.11 Å². The molecule has 1 rings (SSSR count). The van der Waals surface area contributed by atoms with Gasteiger partial charge in [-0.1, -0.05) is 0 Å². The van der Waals surface area contributed by atoms with Crippen molar-refractivity contribution in [3.05, 3.63) is 21.4 Å². The summed E-state index contributed by atoms with van der Waals surface area (Å²) in [4.78, 5) is 22.0. The molecule has 1 N–H and O–H groups in total. The van der Waals surface area contributed by atoms with Gasteiger partial charge in [0, 0.05) is 12.0 Å². The summed E-state index contributed by atoms with van der Waals surface area (Å²) in [6.45, 7) is 0.222. The topological polar surface area (TPSA) is 63.6 Å². The number of carboxylic acid groups (broad SMARTS) is 1. The highest BCUT2D eigenvalue weighted by Crippen LogP contribution is 2.21. The molecule has 5 heteroatoms. The highest BCUT2D eigenvalue weighted by molar-refractivity contribution is 7.14. The first-order valence-corrected chi connectivity index (χ1v) is 4.30. The smallest absolute Gasteiger partial charge is 0.336 e. The summed E-state index contributed by atoms with van der Waals surface area (Å²) in [7, 11) is 1.48. The van der Waals surface area contributed by atoms with Gasteiger partial charge in [-0.3, -0.25) is 4.79 Å². The number of carbonyl (C=O) groups excluding carboxylic acids is 1. The van der Waals surface area contributed by atoms with E-state index < -0.39 is 5.97 Å². The molecular formula is C8H8O4S. The fourth-order valence-corrected chi connectivity index (χ4v) is 1.87. The number of hydrogen-bond acceptors (Lipinski definition) is 4. The molecule has 1 aromatic rings. The second kappa shape index (κ2) is 4.15. The van der Waals surface area contributed by atoms with Gasteiger partial charge < -0.3 is 9.84 Å². The van der Waals surface area contributed by atoms with Gasteiger partial charge in [-0.05, 0) is 6.07 Å². The molecule has 0 spiro atoms. The molecule has 0 aliphatic carbocycles. The monoisotopic (exact) mass is 200 g/mol. The van der Waals surface area contributed by atoms with Crippen molar-refractivity contribution < 1.29 is 19.4 Å². The van der Waals surface area contributed by atoms with Crippen molar-refractivity contribution in [1.82, 2.24) is 0 Å². The van der Waals surface area contributed by atoms with Crippen molar-refractivity contribution in [3.63, 3.8) is 0 Å². The fourth-order valence-electron chi connectivity index (χ4n) is 0.927. The zero-order valence-corrected chi connectivity index (χ0v) is 7.76. The van der Waals surface area contributed by atoms with E-state index in [1.54, 1.807) is 0 Å². The molecule has 0 unspecified atom stereocenters. The van der Waals surface area contributed by atoms with Gasteiger partial charge in [0.15, 0.2) is 6.29 Å². The third-order valence-electron chi connectivity index (χ3n) is 1.45. The van der Waals surface area contributed by atoms with Crippen LogP contribution in [-0.2, 0) is 11.3 Å². The Kier molecular flexibility index (Phi) is 3.16. The summed E-state index contributed by atoms with van der Waals surface area (Å²) < 4.78 is 4.81. The predicted molar refractivity (Wildman–Crippen MR) is 47.4 cm³/mol. The minimum absolute atomic E-state index is 0.147. The van der Waals surface area contributed by atoms with E-state index in [0.29, 0.717) is 16.0 Å². The number of aromatic carboxylic acids is 1. The van der Waals surface area contributed by atoms with Crippen LogP contribution in [0.2, 0.25) is 0 Å². The third kappa shape index (κ3) is 2.13. The van der Waals surface area contributed by atoms with E-state index in [4.69, 9.17) is 9.84 Å². The largest absolute Gasteiger partial charge is 0.478 e. The molecule has 1 aromatic heterocycles. The molecule has 0 saturated carbocycles. The third-order valence-corrected chi connectivity index (χ3v) is 2.48. The molecule has 0 aliphatic rings. The van der Waals surface area contributed by atoms with Gasteiger partial charge in [0.2, 0.25) is 0 Å². The average Bonchev–Trinajstić information content (AvgIpc) is 2.48. The lowest BCUT2D eigenvalue weighted by molar-refractivity contribution is 0.0693. The second-order valence-corrected chi connectivity index (χ2v) is 3.51. The minimum atomic E-state index is -1.03. The van der Waals surface area contributed by atoms with E-state index in [2.05, 4.69) is 0 Å². The Morgan fingerprint density at radius 3 is 2.92 bits per heavy atom. The first kappa shape index (κ1) is 9.88. The minimum Gasteiger partial charge on any atom is -0.478 e. The summed E-state index contributed by atoms with van der Waals surface area (Å²) in [5.74, 6) is -1.03. The van der Waals surface area contributed by atoms with Gasteiger partial charge >= 0.3 is 5.97 Å². The van der Waals surface area contributed by atoms with Gasteiger partial charge in [-0.15, -0.1) is 11.3 Å². The summed E-state index contributed by atoms with van der Waals surface area (Å²) >= 11 is 1.14. The Labute approximate surface area is 78.8 Å². The molecular weight excluding hydrogens is 192 g/mol. The lowest BCUT2D eigenvalue weighted by atomic mass is 10.2. The fraction of sp³-hybridized carbons (Fsp3) is 0.250. The summed E-state index contributed by atoms with van der Waals surface area (Å²) in [6.07, 6.45) is 0.635. The Morgan fingerprint density at radius 2 is 2.46 bits per heavy atom. The lowest BCUT2D eigenvalue weighted by Crippen LogP contribution is -1.98. The Balaban J connectivity index is 3.07. The summed E-state index contributed by atoms with van der Waals surface area (Å²) in [5, 5.41) is 8.74. The van der Waals surface area contributed by atoms with Crippen LogP contribution in [0.25, 0.3) is 0 Å². The van der Waals surface area contributed by atoms with Crippen molar-refractivity contribution in [2.24, 2.45) is 0 Å². The highest BCUT2D eigenvalue weighted by Gasteiger charge is 2.14. The number of hydrogen-bond donors (Lipinski definition) is 1. The van der Waals surface area contributed by atoms with Gasteiger partial charge in [0.05, 0.1) is 17.0 Å². The van der Waals surface area contributed by atoms with E-state index in [1.165, 1.54) is 13.2 Å². The van der Waals surface area contributed by atoms with Gasteiger partial charge in [-0.25, -0.2) is 4.79 Å². The van der Waals surface area contributed by atoms with Crippen molar-refractivity contribution in [2.45, 2.75) is 6.61 Å². The van der Waals surface area contributed by atoms with E-state index in [1.807, 2.05) is 0 Å². The second-order valence-electron chi connectivity index (χ2n) is 2.34.